The molecule has 0 saturated carbocycles. The van der Waals surface area contributed by atoms with Crippen molar-refractivity contribution in [2.75, 3.05) is 0 Å². The lowest BCUT2D eigenvalue weighted by Gasteiger charge is -2.21. The molecule has 3 heteroatoms. The van der Waals surface area contributed by atoms with Gasteiger partial charge in [0, 0.05) is 54.8 Å². The van der Waals surface area contributed by atoms with Crippen molar-refractivity contribution < 1.29 is 0 Å². The second kappa shape index (κ2) is 10.6. The summed E-state index contributed by atoms with van der Waals surface area (Å²) in [4.78, 5) is 0. The zero-order chi connectivity index (χ0) is 35.7. The Morgan fingerprint density at radius 1 is 0.296 bits per heavy atom. The van der Waals surface area contributed by atoms with E-state index in [1.807, 2.05) is 0 Å². The zero-order valence-corrected chi connectivity index (χ0v) is 30.1. The first-order valence-corrected chi connectivity index (χ1v) is 18.9. The summed E-state index contributed by atoms with van der Waals surface area (Å²) in [6.45, 7) is 4.71. The fourth-order valence-corrected chi connectivity index (χ4v) is 9.77. The zero-order valence-electron chi connectivity index (χ0n) is 30.1. The van der Waals surface area contributed by atoms with Gasteiger partial charge in [-0.25, -0.2) is 0 Å². The molecule has 0 atom stereocenters. The summed E-state index contributed by atoms with van der Waals surface area (Å²) < 4.78 is 7.39. The number of hydrogen-bond donors (Lipinski definition) is 0. The van der Waals surface area contributed by atoms with Crippen molar-refractivity contribution in [1.29, 1.82) is 0 Å². The van der Waals surface area contributed by atoms with Crippen LogP contribution in [-0.2, 0) is 5.41 Å². The van der Waals surface area contributed by atoms with Crippen LogP contribution in [0.4, 0.5) is 0 Å². The number of hydrogen-bond acceptors (Lipinski definition) is 0. The third kappa shape index (κ3) is 3.85. The van der Waals surface area contributed by atoms with E-state index in [1.54, 1.807) is 0 Å². The molecule has 3 heterocycles. The molecular formula is C51H35N3. The maximum Gasteiger partial charge on any atom is 0.0548 e. The molecule has 0 aliphatic heterocycles. The summed E-state index contributed by atoms with van der Waals surface area (Å²) in [6, 6.07) is 65.1. The Morgan fingerprint density at radius 3 is 1.24 bits per heavy atom. The molecule has 0 spiro atoms. The van der Waals surface area contributed by atoms with Crippen molar-refractivity contribution in [3.8, 4) is 28.2 Å². The summed E-state index contributed by atoms with van der Waals surface area (Å²) in [5.41, 5.74) is 16.2. The second-order valence-electron chi connectivity index (χ2n) is 15.4. The van der Waals surface area contributed by atoms with Crippen molar-refractivity contribution in [2.45, 2.75) is 19.3 Å². The number of para-hydroxylation sites is 4. The monoisotopic (exact) mass is 689 g/mol. The Balaban J connectivity index is 1.26. The van der Waals surface area contributed by atoms with E-state index >= 15 is 0 Å². The number of fused-ring (bicyclic) bond motifs is 12. The Bertz CT molecular complexity index is 3170. The van der Waals surface area contributed by atoms with E-state index in [0.29, 0.717) is 0 Å². The van der Waals surface area contributed by atoms with Gasteiger partial charge in [-0.3, -0.25) is 0 Å². The molecule has 8 aromatic carbocycles. The van der Waals surface area contributed by atoms with E-state index in [2.05, 4.69) is 203 Å². The van der Waals surface area contributed by atoms with Crippen molar-refractivity contribution in [2.24, 2.45) is 0 Å². The SMILES string of the molecule is CC1(C)c2ccccc2-c2cc(-n3c4cc5c6ccccc6n(-c6ccccc6)c5cc4c4cc5c(cc43)c3ccccc3n5-c3ccccc3)ccc21. The Labute approximate surface area is 312 Å². The molecule has 0 saturated heterocycles. The lowest BCUT2D eigenvalue weighted by atomic mass is 9.82. The summed E-state index contributed by atoms with van der Waals surface area (Å²) in [5.74, 6) is 0. The standard InChI is InChI=1S/C51H35N3/c1-51(2)43-22-12-9-19-35(43)38-27-34(25-26-44(38)51)54-49-28-39-36-20-10-13-23-45(36)52(32-15-5-3-6-16-32)47(39)30-41(49)42-31-48-40(29-50(42)54)37-21-11-14-24-46(37)53(48)33-17-7-4-8-18-33/h3-31H,1-2H3. The molecule has 0 unspecified atom stereocenters. The van der Waals surface area contributed by atoms with Gasteiger partial charge in [0.05, 0.1) is 33.1 Å². The minimum Gasteiger partial charge on any atom is -0.309 e. The third-order valence-electron chi connectivity index (χ3n) is 12.2. The van der Waals surface area contributed by atoms with Gasteiger partial charge in [-0.05, 0) is 95.1 Å². The minimum absolute atomic E-state index is 0.0534. The number of aromatic nitrogens is 3. The molecule has 0 N–H and O–H groups in total. The van der Waals surface area contributed by atoms with Gasteiger partial charge in [0.1, 0.15) is 0 Å². The molecule has 0 radical (unpaired) electrons. The smallest absolute Gasteiger partial charge is 0.0548 e. The second-order valence-corrected chi connectivity index (χ2v) is 15.4. The van der Waals surface area contributed by atoms with E-state index in [-0.39, 0.29) is 5.41 Å². The fourth-order valence-electron chi connectivity index (χ4n) is 9.77. The van der Waals surface area contributed by atoms with E-state index in [0.717, 1.165) is 0 Å². The predicted octanol–water partition coefficient (Wildman–Crippen LogP) is 13.3. The van der Waals surface area contributed by atoms with E-state index in [4.69, 9.17) is 0 Å². The van der Waals surface area contributed by atoms with Gasteiger partial charge in [-0.15, -0.1) is 0 Å². The quantitative estimate of drug-likeness (QED) is 0.175. The molecule has 3 nitrogen and oxygen atoms in total. The van der Waals surface area contributed by atoms with Crippen LogP contribution in [-0.4, -0.2) is 13.7 Å². The maximum absolute atomic E-state index is 2.53. The molecule has 0 bridgehead atoms. The highest BCUT2D eigenvalue weighted by Gasteiger charge is 2.35. The van der Waals surface area contributed by atoms with Gasteiger partial charge in [0.2, 0.25) is 0 Å². The van der Waals surface area contributed by atoms with Gasteiger partial charge >= 0.3 is 0 Å². The van der Waals surface area contributed by atoms with Gasteiger partial charge < -0.3 is 13.7 Å². The number of benzene rings is 8. The maximum atomic E-state index is 2.53. The fraction of sp³-hybridized carbons (Fsp3) is 0.0588. The van der Waals surface area contributed by atoms with Crippen LogP contribution >= 0.6 is 0 Å². The van der Waals surface area contributed by atoms with Crippen LogP contribution in [0.15, 0.2) is 176 Å². The average molecular weight is 690 g/mol. The van der Waals surface area contributed by atoms with Crippen LogP contribution in [0.1, 0.15) is 25.0 Å². The molecule has 254 valence electrons. The molecule has 12 rings (SSSR count). The van der Waals surface area contributed by atoms with E-state index in [9.17, 15) is 0 Å². The van der Waals surface area contributed by atoms with Crippen LogP contribution in [0.25, 0.3) is 93.6 Å². The molecule has 0 amide bonds. The minimum atomic E-state index is -0.0534. The van der Waals surface area contributed by atoms with Crippen LogP contribution in [0, 0.1) is 0 Å². The molecule has 54 heavy (non-hydrogen) atoms. The van der Waals surface area contributed by atoms with Gasteiger partial charge in [0.15, 0.2) is 0 Å². The van der Waals surface area contributed by atoms with E-state index < -0.39 is 0 Å². The first kappa shape index (κ1) is 29.7. The lowest BCUT2D eigenvalue weighted by Crippen LogP contribution is -2.14. The summed E-state index contributed by atoms with van der Waals surface area (Å²) in [6.07, 6.45) is 0. The topological polar surface area (TPSA) is 14.8 Å². The van der Waals surface area contributed by atoms with Gasteiger partial charge in [0.25, 0.3) is 0 Å². The molecule has 11 aromatic rings. The predicted molar refractivity (Wildman–Crippen MR) is 227 cm³/mol. The third-order valence-corrected chi connectivity index (χ3v) is 12.2. The lowest BCUT2D eigenvalue weighted by molar-refractivity contribution is 0.660. The van der Waals surface area contributed by atoms with Crippen molar-refractivity contribution >= 4 is 65.4 Å². The summed E-state index contributed by atoms with van der Waals surface area (Å²) >= 11 is 0. The number of nitrogens with zero attached hydrogens (tertiary/aromatic N) is 3. The first-order chi connectivity index (χ1) is 26.6. The summed E-state index contributed by atoms with van der Waals surface area (Å²) in [7, 11) is 0. The van der Waals surface area contributed by atoms with Crippen LogP contribution in [0.3, 0.4) is 0 Å². The highest BCUT2D eigenvalue weighted by Crippen LogP contribution is 2.50. The normalized spacial score (nSPS) is 13.5. The van der Waals surface area contributed by atoms with Crippen LogP contribution in [0.5, 0.6) is 0 Å². The Kier molecular flexibility index (Phi) is 5.84. The Morgan fingerprint density at radius 2 is 0.704 bits per heavy atom. The van der Waals surface area contributed by atoms with E-state index in [1.165, 1.54) is 105 Å². The summed E-state index contributed by atoms with van der Waals surface area (Å²) in [5, 5.41) is 7.50. The van der Waals surface area contributed by atoms with Crippen LogP contribution in [0.2, 0.25) is 0 Å². The van der Waals surface area contributed by atoms with Gasteiger partial charge in [-0.1, -0.05) is 117 Å². The molecule has 1 aliphatic carbocycles. The van der Waals surface area contributed by atoms with Crippen molar-refractivity contribution in [3.05, 3.63) is 187 Å². The highest BCUT2D eigenvalue weighted by molar-refractivity contribution is 6.22. The van der Waals surface area contributed by atoms with Crippen molar-refractivity contribution in [3.63, 3.8) is 0 Å². The van der Waals surface area contributed by atoms with Gasteiger partial charge in [-0.2, -0.15) is 0 Å². The molecular weight excluding hydrogens is 655 g/mol. The van der Waals surface area contributed by atoms with Crippen molar-refractivity contribution in [1.82, 2.24) is 13.7 Å². The molecule has 1 aliphatic rings. The average Bonchev–Trinajstić information content (AvgIpc) is 3.90. The number of rotatable bonds is 3. The largest absolute Gasteiger partial charge is 0.309 e. The van der Waals surface area contributed by atoms with Crippen LogP contribution < -0.4 is 0 Å². The first-order valence-electron chi connectivity index (χ1n) is 18.9. The Hall–Kier alpha value is -6.84. The highest BCUT2D eigenvalue weighted by atomic mass is 15.0. The molecule has 0 fully saturated rings. The molecule has 3 aromatic heterocycles.